The van der Waals surface area contributed by atoms with Crippen molar-refractivity contribution in [1.29, 1.82) is 0 Å². The maximum Gasteiger partial charge on any atom is 0.148 e. The molecule has 0 saturated carbocycles. The van der Waals surface area contributed by atoms with Gasteiger partial charge in [0.15, 0.2) is 0 Å². The van der Waals surface area contributed by atoms with Gasteiger partial charge in [0.1, 0.15) is 12.4 Å². The summed E-state index contributed by atoms with van der Waals surface area (Å²) >= 11 is 0. The van der Waals surface area contributed by atoms with E-state index in [4.69, 9.17) is 15.9 Å². The number of terminal acetylenes is 1. The van der Waals surface area contributed by atoms with Crippen molar-refractivity contribution in [2.45, 2.75) is 39.3 Å². The topological polar surface area (TPSA) is 30.5 Å². The van der Waals surface area contributed by atoms with Gasteiger partial charge >= 0.3 is 0 Å². The van der Waals surface area contributed by atoms with Crippen molar-refractivity contribution in [1.82, 2.24) is 5.32 Å². The average molecular weight is 275 g/mol. The quantitative estimate of drug-likeness (QED) is 0.526. The lowest BCUT2D eigenvalue weighted by atomic mass is 10.2. The summed E-state index contributed by atoms with van der Waals surface area (Å²) in [6.07, 6.45) is 7.73. The van der Waals surface area contributed by atoms with E-state index in [0.29, 0.717) is 12.7 Å². The Labute approximate surface area is 122 Å². The summed E-state index contributed by atoms with van der Waals surface area (Å²) in [4.78, 5) is 0. The Balaban J connectivity index is 2.20. The van der Waals surface area contributed by atoms with Crippen LogP contribution < -0.4 is 10.1 Å². The van der Waals surface area contributed by atoms with E-state index in [0.717, 1.165) is 43.9 Å². The van der Waals surface area contributed by atoms with Crippen molar-refractivity contribution >= 4 is 0 Å². The fourth-order valence-corrected chi connectivity index (χ4v) is 1.80. The Morgan fingerprint density at radius 3 is 2.80 bits per heavy atom. The van der Waals surface area contributed by atoms with Crippen molar-refractivity contribution in [2.24, 2.45) is 0 Å². The van der Waals surface area contributed by atoms with Crippen LogP contribution in [-0.4, -0.2) is 25.9 Å². The second-order valence-electron chi connectivity index (χ2n) is 4.90. The molecule has 1 aromatic rings. The standard InChI is InChI=1S/C17H25NO2/c1-4-12-20-17-10-6-5-9-16(17)14-18-11-7-8-13-19-15(2)3/h1,5-6,9-10,15,18H,7-8,11-14H2,2-3H3. The fraction of sp³-hybridized carbons (Fsp3) is 0.529. The lowest BCUT2D eigenvalue weighted by molar-refractivity contribution is 0.0760. The number of ether oxygens (including phenoxy) is 2. The smallest absolute Gasteiger partial charge is 0.148 e. The Kier molecular flexibility index (Phi) is 8.53. The highest BCUT2D eigenvalue weighted by molar-refractivity contribution is 5.33. The van der Waals surface area contributed by atoms with Gasteiger partial charge in [-0.1, -0.05) is 24.1 Å². The SMILES string of the molecule is C#CCOc1ccccc1CNCCCCOC(C)C. The number of hydrogen-bond acceptors (Lipinski definition) is 3. The number of benzene rings is 1. The van der Waals surface area contributed by atoms with Gasteiger partial charge in [0.2, 0.25) is 0 Å². The van der Waals surface area contributed by atoms with Gasteiger partial charge in [-0.25, -0.2) is 0 Å². The third-order valence-corrected chi connectivity index (χ3v) is 2.80. The molecule has 0 unspecified atom stereocenters. The predicted molar refractivity (Wildman–Crippen MR) is 82.8 cm³/mol. The molecular weight excluding hydrogens is 250 g/mol. The van der Waals surface area contributed by atoms with Crippen LogP contribution in [0.25, 0.3) is 0 Å². The Morgan fingerprint density at radius 1 is 1.25 bits per heavy atom. The summed E-state index contributed by atoms with van der Waals surface area (Å²) < 4.78 is 11.0. The number of hydrogen-bond donors (Lipinski definition) is 1. The molecule has 0 aliphatic rings. The molecule has 0 bridgehead atoms. The molecule has 3 heteroatoms. The molecule has 0 aliphatic heterocycles. The average Bonchev–Trinajstić information content (AvgIpc) is 2.44. The molecule has 20 heavy (non-hydrogen) atoms. The minimum absolute atomic E-state index is 0.309. The van der Waals surface area contributed by atoms with Gasteiger partial charge in [0.05, 0.1) is 6.10 Å². The molecule has 1 N–H and O–H groups in total. The van der Waals surface area contributed by atoms with Crippen molar-refractivity contribution < 1.29 is 9.47 Å². The van der Waals surface area contributed by atoms with Gasteiger partial charge in [0, 0.05) is 18.7 Å². The maximum atomic E-state index is 5.51. The highest BCUT2D eigenvalue weighted by Gasteiger charge is 2.01. The number of unbranched alkanes of at least 4 members (excludes halogenated alkanes) is 1. The number of nitrogens with one attached hydrogen (secondary N) is 1. The van der Waals surface area contributed by atoms with Crippen molar-refractivity contribution in [2.75, 3.05) is 19.8 Å². The zero-order chi connectivity index (χ0) is 14.6. The minimum Gasteiger partial charge on any atom is -0.481 e. The van der Waals surface area contributed by atoms with E-state index in [2.05, 4.69) is 31.2 Å². The summed E-state index contributed by atoms with van der Waals surface area (Å²) in [6.45, 7) is 7.04. The van der Waals surface area contributed by atoms with Crippen LogP contribution in [-0.2, 0) is 11.3 Å². The van der Waals surface area contributed by atoms with E-state index < -0.39 is 0 Å². The van der Waals surface area contributed by atoms with E-state index in [9.17, 15) is 0 Å². The number of rotatable bonds is 10. The van der Waals surface area contributed by atoms with Gasteiger partial charge in [-0.2, -0.15) is 0 Å². The molecule has 1 aromatic carbocycles. The lowest BCUT2D eigenvalue weighted by Gasteiger charge is -2.11. The molecule has 0 aromatic heterocycles. The first-order valence-corrected chi connectivity index (χ1v) is 7.20. The van der Waals surface area contributed by atoms with Crippen LogP contribution >= 0.6 is 0 Å². The molecule has 0 radical (unpaired) electrons. The van der Waals surface area contributed by atoms with Crippen LogP contribution in [0, 0.1) is 12.3 Å². The predicted octanol–water partition coefficient (Wildman–Crippen LogP) is 2.99. The monoisotopic (exact) mass is 275 g/mol. The van der Waals surface area contributed by atoms with Crippen molar-refractivity contribution in [3.05, 3.63) is 29.8 Å². The first kappa shape index (κ1) is 16.6. The Morgan fingerprint density at radius 2 is 2.05 bits per heavy atom. The molecule has 0 heterocycles. The minimum atomic E-state index is 0.309. The molecule has 3 nitrogen and oxygen atoms in total. The van der Waals surface area contributed by atoms with Crippen LogP contribution in [0.15, 0.2) is 24.3 Å². The third-order valence-electron chi connectivity index (χ3n) is 2.80. The van der Waals surface area contributed by atoms with Gasteiger partial charge < -0.3 is 14.8 Å². The molecule has 0 atom stereocenters. The third kappa shape index (κ3) is 7.18. The molecule has 0 amide bonds. The summed E-state index contributed by atoms with van der Waals surface area (Å²) in [5.74, 6) is 3.35. The van der Waals surface area contributed by atoms with Gasteiger partial charge in [0.25, 0.3) is 0 Å². The first-order chi connectivity index (χ1) is 9.74. The molecule has 0 aliphatic carbocycles. The van der Waals surface area contributed by atoms with Gasteiger partial charge in [-0.05, 0) is 39.3 Å². The normalized spacial score (nSPS) is 10.5. The second kappa shape index (κ2) is 10.3. The van der Waals surface area contributed by atoms with Gasteiger partial charge in [-0.3, -0.25) is 0 Å². The largest absolute Gasteiger partial charge is 0.481 e. The molecule has 0 fully saturated rings. The lowest BCUT2D eigenvalue weighted by Crippen LogP contribution is -2.16. The highest BCUT2D eigenvalue weighted by atomic mass is 16.5. The fourth-order valence-electron chi connectivity index (χ4n) is 1.80. The summed E-state index contributed by atoms with van der Waals surface area (Å²) in [5.41, 5.74) is 1.14. The van der Waals surface area contributed by atoms with E-state index in [-0.39, 0.29) is 0 Å². The van der Waals surface area contributed by atoms with Crippen molar-refractivity contribution in [3.63, 3.8) is 0 Å². The number of para-hydroxylation sites is 1. The first-order valence-electron chi connectivity index (χ1n) is 7.20. The zero-order valence-corrected chi connectivity index (χ0v) is 12.5. The summed E-state index contributed by atoms with van der Waals surface area (Å²) in [6, 6.07) is 7.97. The highest BCUT2D eigenvalue weighted by Crippen LogP contribution is 2.17. The van der Waals surface area contributed by atoms with Crippen molar-refractivity contribution in [3.8, 4) is 18.1 Å². The molecule has 0 saturated heterocycles. The van der Waals surface area contributed by atoms with Crippen LogP contribution in [0.4, 0.5) is 0 Å². The van der Waals surface area contributed by atoms with Crippen LogP contribution in [0.5, 0.6) is 5.75 Å². The van der Waals surface area contributed by atoms with E-state index in [1.54, 1.807) is 0 Å². The molecular formula is C17H25NO2. The van der Waals surface area contributed by atoms with Crippen LogP contribution in [0.2, 0.25) is 0 Å². The van der Waals surface area contributed by atoms with E-state index in [1.165, 1.54) is 0 Å². The van der Waals surface area contributed by atoms with Crippen LogP contribution in [0.3, 0.4) is 0 Å². The molecule has 110 valence electrons. The Hall–Kier alpha value is -1.50. The summed E-state index contributed by atoms with van der Waals surface area (Å²) in [7, 11) is 0. The molecule has 1 rings (SSSR count). The Bertz CT molecular complexity index is 410. The zero-order valence-electron chi connectivity index (χ0n) is 12.5. The maximum absolute atomic E-state index is 5.51. The van der Waals surface area contributed by atoms with Crippen LogP contribution in [0.1, 0.15) is 32.3 Å². The second-order valence-corrected chi connectivity index (χ2v) is 4.90. The summed E-state index contributed by atoms with van der Waals surface area (Å²) in [5, 5.41) is 3.42. The van der Waals surface area contributed by atoms with E-state index in [1.807, 2.05) is 18.2 Å². The van der Waals surface area contributed by atoms with Gasteiger partial charge in [-0.15, -0.1) is 6.42 Å². The van der Waals surface area contributed by atoms with E-state index >= 15 is 0 Å². The molecule has 0 spiro atoms.